The zero-order valence-corrected chi connectivity index (χ0v) is 13.4. The quantitative estimate of drug-likeness (QED) is 0.631. The maximum atomic E-state index is 13.6. The smallest absolute Gasteiger partial charge is 0.258 e. The Morgan fingerprint density at radius 3 is 2.24 bits per heavy atom. The van der Waals surface area contributed by atoms with Crippen molar-refractivity contribution < 1.29 is 17.7 Å². The van der Waals surface area contributed by atoms with E-state index < -0.39 is 26.5 Å². The summed E-state index contributed by atoms with van der Waals surface area (Å²) >= 11 is 0. The van der Waals surface area contributed by atoms with E-state index in [0.29, 0.717) is 6.07 Å². The lowest BCUT2D eigenvalue weighted by Gasteiger charge is -2.34. The molecule has 0 fully saturated rings. The van der Waals surface area contributed by atoms with E-state index >= 15 is 0 Å². The van der Waals surface area contributed by atoms with Crippen LogP contribution in [0.2, 0.25) is 0 Å². The highest BCUT2D eigenvalue weighted by Crippen LogP contribution is 2.29. The lowest BCUT2D eigenvalue weighted by Crippen LogP contribution is -2.42. The second-order valence-electron chi connectivity index (χ2n) is 5.93. The van der Waals surface area contributed by atoms with Crippen molar-refractivity contribution in [3.05, 3.63) is 34.1 Å². The van der Waals surface area contributed by atoms with E-state index in [1.165, 1.54) is 7.05 Å². The number of benzene rings is 1. The van der Waals surface area contributed by atoms with Gasteiger partial charge in [0.1, 0.15) is 0 Å². The lowest BCUT2D eigenvalue weighted by molar-refractivity contribution is -0.387. The van der Waals surface area contributed by atoms with E-state index in [1.807, 2.05) is 20.8 Å². The fourth-order valence-corrected chi connectivity index (χ4v) is 3.27. The minimum Gasteiger partial charge on any atom is -0.258 e. The van der Waals surface area contributed by atoms with Crippen molar-refractivity contribution in [2.45, 2.75) is 38.6 Å². The van der Waals surface area contributed by atoms with Crippen molar-refractivity contribution in [1.82, 2.24) is 4.31 Å². The molecule has 8 heteroatoms. The summed E-state index contributed by atoms with van der Waals surface area (Å²) in [6.45, 7) is 7.42. The summed E-state index contributed by atoms with van der Waals surface area (Å²) in [7, 11) is -2.51. The van der Waals surface area contributed by atoms with Crippen LogP contribution in [0.5, 0.6) is 0 Å². The molecule has 0 amide bonds. The summed E-state index contributed by atoms with van der Waals surface area (Å²) in [5.74, 6) is -1.17. The van der Waals surface area contributed by atoms with Gasteiger partial charge in [0.05, 0.1) is 9.82 Å². The zero-order valence-electron chi connectivity index (χ0n) is 12.6. The van der Waals surface area contributed by atoms with E-state index in [4.69, 9.17) is 0 Å². The van der Waals surface area contributed by atoms with Crippen molar-refractivity contribution >= 4 is 15.7 Å². The third-order valence-electron chi connectivity index (χ3n) is 3.59. The molecule has 0 spiro atoms. The molecule has 0 saturated heterocycles. The number of hydrogen-bond donors (Lipinski definition) is 0. The van der Waals surface area contributed by atoms with Crippen LogP contribution in [0.1, 0.15) is 27.7 Å². The highest BCUT2D eigenvalue weighted by atomic mass is 32.2. The molecule has 0 saturated carbocycles. The Hall–Kier alpha value is -1.54. The van der Waals surface area contributed by atoms with Gasteiger partial charge in [-0.2, -0.15) is 8.70 Å². The highest BCUT2D eigenvalue weighted by Gasteiger charge is 2.33. The first kappa shape index (κ1) is 17.5. The molecule has 1 rings (SSSR count). The average Bonchev–Trinajstić information content (AvgIpc) is 2.35. The number of hydrogen-bond acceptors (Lipinski definition) is 4. The number of rotatable bonds is 4. The first-order valence-corrected chi connectivity index (χ1v) is 7.75. The highest BCUT2D eigenvalue weighted by molar-refractivity contribution is 7.89. The molecule has 0 aliphatic carbocycles. The Morgan fingerprint density at radius 2 is 1.86 bits per heavy atom. The van der Waals surface area contributed by atoms with Crippen molar-refractivity contribution in [1.29, 1.82) is 0 Å². The van der Waals surface area contributed by atoms with Gasteiger partial charge >= 0.3 is 5.69 Å². The molecule has 21 heavy (non-hydrogen) atoms. The van der Waals surface area contributed by atoms with Crippen LogP contribution < -0.4 is 0 Å². The van der Waals surface area contributed by atoms with E-state index in [0.717, 1.165) is 16.4 Å². The van der Waals surface area contributed by atoms with Crippen molar-refractivity contribution in [2.24, 2.45) is 5.41 Å². The third kappa shape index (κ3) is 3.56. The summed E-state index contributed by atoms with van der Waals surface area (Å²) in [6, 6.07) is 2.25. The number of nitro groups is 1. The van der Waals surface area contributed by atoms with Crippen LogP contribution in [0.15, 0.2) is 23.1 Å². The second kappa shape index (κ2) is 5.69. The van der Waals surface area contributed by atoms with E-state index in [-0.39, 0.29) is 16.4 Å². The molecule has 0 aliphatic heterocycles. The van der Waals surface area contributed by atoms with Crippen molar-refractivity contribution in [3.8, 4) is 0 Å². The Balaban J connectivity index is 3.26. The van der Waals surface area contributed by atoms with Crippen LogP contribution >= 0.6 is 0 Å². The van der Waals surface area contributed by atoms with Crippen molar-refractivity contribution in [2.75, 3.05) is 7.05 Å². The van der Waals surface area contributed by atoms with Crippen LogP contribution in [0.4, 0.5) is 10.1 Å². The molecule has 0 radical (unpaired) electrons. The van der Waals surface area contributed by atoms with E-state index in [2.05, 4.69) is 0 Å². The van der Waals surface area contributed by atoms with Gasteiger partial charge in [0.2, 0.25) is 15.8 Å². The molecular weight excluding hydrogens is 299 g/mol. The minimum atomic E-state index is -3.92. The maximum Gasteiger partial charge on any atom is 0.304 e. The van der Waals surface area contributed by atoms with Gasteiger partial charge in [0.15, 0.2) is 0 Å². The van der Waals surface area contributed by atoms with Crippen LogP contribution in [0.3, 0.4) is 0 Å². The molecule has 0 heterocycles. The van der Waals surface area contributed by atoms with Crippen molar-refractivity contribution in [3.63, 3.8) is 0 Å². The Morgan fingerprint density at radius 1 is 1.33 bits per heavy atom. The lowest BCUT2D eigenvalue weighted by atomic mass is 9.88. The fourth-order valence-electron chi connectivity index (χ4n) is 1.72. The molecule has 1 aromatic carbocycles. The van der Waals surface area contributed by atoms with Gasteiger partial charge in [-0.05, 0) is 18.4 Å². The normalized spacial score (nSPS) is 14.2. The first-order valence-electron chi connectivity index (χ1n) is 6.31. The van der Waals surface area contributed by atoms with Gasteiger partial charge in [-0.25, -0.2) is 8.42 Å². The van der Waals surface area contributed by atoms with Gasteiger partial charge < -0.3 is 0 Å². The molecule has 0 aromatic heterocycles. The molecule has 1 unspecified atom stereocenters. The van der Waals surface area contributed by atoms with Gasteiger partial charge in [-0.1, -0.05) is 20.8 Å². The molecule has 1 atom stereocenters. The SMILES string of the molecule is CC(N(C)S(=O)(=O)c1ccc([N+](=O)[O-])c(F)c1)C(C)(C)C. The summed E-state index contributed by atoms with van der Waals surface area (Å²) in [5, 5.41) is 10.6. The van der Waals surface area contributed by atoms with Crippen LogP contribution in [0, 0.1) is 21.3 Å². The molecule has 118 valence electrons. The number of sulfonamides is 1. The number of nitro benzene ring substituents is 1. The monoisotopic (exact) mass is 318 g/mol. The predicted octanol–water partition coefficient (Wildman–Crippen LogP) is 2.79. The predicted molar refractivity (Wildman–Crippen MR) is 76.9 cm³/mol. The number of nitrogens with zero attached hydrogens (tertiary/aromatic N) is 2. The van der Waals surface area contributed by atoms with Gasteiger partial charge in [-0.15, -0.1) is 0 Å². The molecule has 0 N–H and O–H groups in total. The topological polar surface area (TPSA) is 80.5 Å². The summed E-state index contributed by atoms with van der Waals surface area (Å²) in [4.78, 5) is 9.36. The molecule has 0 bridgehead atoms. The van der Waals surface area contributed by atoms with Gasteiger partial charge in [0.25, 0.3) is 0 Å². The Kier molecular flexibility index (Phi) is 4.74. The minimum absolute atomic E-state index is 0.302. The van der Waals surface area contributed by atoms with E-state index in [9.17, 15) is 22.9 Å². The summed E-state index contributed by atoms with van der Waals surface area (Å²) < 4.78 is 39.6. The Labute approximate surface area is 123 Å². The second-order valence-corrected chi connectivity index (χ2v) is 7.93. The van der Waals surface area contributed by atoms with E-state index in [1.54, 1.807) is 6.92 Å². The molecular formula is C13H19FN2O4S. The van der Waals surface area contributed by atoms with Crippen LogP contribution in [-0.2, 0) is 10.0 Å². The zero-order chi connectivity index (χ0) is 16.6. The molecule has 6 nitrogen and oxygen atoms in total. The molecule has 1 aromatic rings. The third-order valence-corrected chi connectivity index (χ3v) is 5.52. The summed E-state index contributed by atoms with van der Waals surface area (Å²) in [5.41, 5.74) is -1.05. The Bertz CT molecular complexity index is 653. The van der Waals surface area contributed by atoms with Crippen LogP contribution in [0.25, 0.3) is 0 Å². The van der Waals surface area contributed by atoms with Gasteiger partial charge in [-0.3, -0.25) is 10.1 Å². The number of halogens is 1. The largest absolute Gasteiger partial charge is 0.304 e. The average molecular weight is 318 g/mol. The maximum absolute atomic E-state index is 13.6. The van der Waals surface area contributed by atoms with Gasteiger partial charge in [0, 0.05) is 25.2 Å². The first-order chi connectivity index (χ1) is 9.39. The fraction of sp³-hybridized carbons (Fsp3) is 0.538. The standard InChI is InChI=1S/C13H19FN2O4S/c1-9(13(2,3)4)15(5)21(19,20)10-6-7-12(16(17)18)11(14)8-10/h6-9H,1-5H3. The van der Waals surface area contributed by atoms with Crippen LogP contribution in [-0.4, -0.2) is 30.7 Å². The summed E-state index contributed by atoms with van der Waals surface area (Å²) in [6.07, 6.45) is 0. The molecule has 0 aliphatic rings.